The van der Waals surface area contributed by atoms with Crippen molar-refractivity contribution in [2.75, 3.05) is 57.4 Å². The fourth-order valence-electron chi connectivity index (χ4n) is 5.24. The number of ether oxygens (including phenoxy) is 1. The molecule has 2 fully saturated rings. The SMILES string of the molecule is O=C(O)CCCC(=O)N1CCN(Cc2cc3nc(-c4cccc5[nH]ncc45)nc(N4CCOCC4)c3s2)CC1. The molecule has 204 valence electrons. The zero-order chi connectivity index (χ0) is 26.8. The van der Waals surface area contributed by atoms with Gasteiger partial charge in [-0.05, 0) is 18.6 Å². The number of amides is 1. The van der Waals surface area contributed by atoms with E-state index in [9.17, 15) is 9.59 Å². The summed E-state index contributed by atoms with van der Waals surface area (Å²) < 4.78 is 6.69. The molecule has 2 aliphatic heterocycles. The maximum Gasteiger partial charge on any atom is 0.303 e. The Hall–Kier alpha value is -3.61. The van der Waals surface area contributed by atoms with Gasteiger partial charge in [0, 0.05) is 74.5 Å². The van der Waals surface area contributed by atoms with Crippen LogP contribution in [0, 0.1) is 0 Å². The summed E-state index contributed by atoms with van der Waals surface area (Å²) in [6, 6.07) is 8.21. The van der Waals surface area contributed by atoms with Crippen LogP contribution in [0.25, 0.3) is 32.5 Å². The van der Waals surface area contributed by atoms with Crippen molar-refractivity contribution in [3.05, 3.63) is 35.3 Å². The van der Waals surface area contributed by atoms with Gasteiger partial charge in [-0.15, -0.1) is 11.3 Å². The third-order valence-corrected chi connectivity index (χ3v) is 8.43. The van der Waals surface area contributed by atoms with Crippen molar-refractivity contribution in [3.8, 4) is 11.4 Å². The molecular formula is C27H31N7O4S. The summed E-state index contributed by atoms with van der Waals surface area (Å²) in [5, 5.41) is 17.1. The monoisotopic (exact) mass is 549 g/mol. The molecule has 2 saturated heterocycles. The van der Waals surface area contributed by atoms with E-state index in [1.165, 1.54) is 4.88 Å². The molecule has 5 heterocycles. The molecule has 0 radical (unpaired) electrons. The van der Waals surface area contributed by atoms with Crippen molar-refractivity contribution < 1.29 is 19.4 Å². The Morgan fingerprint density at radius 2 is 1.87 bits per heavy atom. The van der Waals surface area contributed by atoms with Crippen molar-refractivity contribution in [3.63, 3.8) is 0 Å². The molecule has 1 amide bonds. The molecule has 2 aliphatic rings. The van der Waals surface area contributed by atoms with Crippen LogP contribution in [0.4, 0.5) is 5.82 Å². The van der Waals surface area contributed by atoms with Crippen molar-refractivity contribution in [1.82, 2.24) is 30.0 Å². The maximum absolute atomic E-state index is 12.4. The zero-order valence-corrected chi connectivity index (χ0v) is 22.5. The molecule has 0 bridgehead atoms. The van der Waals surface area contributed by atoms with Crippen LogP contribution in [-0.2, 0) is 20.9 Å². The Morgan fingerprint density at radius 1 is 1.05 bits per heavy atom. The van der Waals surface area contributed by atoms with Crippen molar-refractivity contribution in [2.24, 2.45) is 0 Å². The predicted octanol–water partition coefficient (Wildman–Crippen LogP) is 2.97. The number of fused-ring (bicyclic) bond motifs is 2. The van der Waals surface area contributed by atoms with E-state index in [2.05, 4.69) is 26.1 Å². The first-order valence-corrected chi connectivity index (χ1v) is 14.1. The Bertz CT molecular complexity index is 1490. The van der Waals surface area contributed by atoms with Crippen LogP contribution in [0.2, 0.25) is 0 Å². The van der Waals surface area contributed by atoms with Crippen LogP contribution in [0.5, 0.6) is 0 Å². The summed E-state index contributed by atoms with van der Waals surface area (Å²) in [5.41, 5.74) is 2.85. The van der Waals surface area contributed by atoms with Gasteiger partial charge in [0.05, 0.1) is 35.1 Å². The van der Waals surface area contributed by atoms with E-state index in [4.69, 9.17) is 19.8 Å². The van der Waals surface area contributed by atoms with Gasteiger partial charge in [-0.1, -0.05) is 12.1 Å². The minimum Gasteiger partial charge on any atom is -0.481 e. The molecule has 11 nitrogen and oxygen atoms in total. The number of nitrogens with zero attached hydrogens (tertiary/aromatic N) is 6. The van der Waals surface area contributed by atoms with Crippen LogP contribution in [0.1, 0.15) is 24.1 Å². The molecule has 6 rings (SSSR count). The highest BCUT2D eigenvalue weighted by molar-refractivity contribution is 7.19. The molecule has 2 N–H and O–H groups in total. The number of carbonyl (C=O) groups excluding carboxylic acids is 1. The van der Waals surface area contributed by atoms with Gasteiger partial charge < -0.3 is 19.6 Å². The lowest BCUT2D eigenvalue weighted by Crippen LogP contribution is -2.48. The highest BCUT2D eigenvalue weighted by atomic mass is 32.1. The number of hydrogen-bond donors (Lipinski definition) is 2. The number of thiophene rings is 1. The van der Waals surface area contributed by atoms with Crippen LogP contribution in [0.15, 0.2) is 30.5 Å². The number of carbonyl (C=O) groups is 2. The van der Waals surface area contributed by atoms with Gasteiger partial charge in [-0.2, -0.15) is 5.10 Å². The van der Waals surface area contributed by atoms with E-state index in [-0.39, 0.29) is 12.3 Å². The average molecular weight is 550 g/mol. The summed E-state index contributed by atoms with van der Waals surface area (Å²) in [5.74, 6) is 0.827. The Balaban J connectivity index is 1.22. The van der Waals surface area contributed by atoms with E-state index in [1.807, 2.05) is 29.3 Å². The maximum atomic E-state index is 12.4. The summed E-state index contributed by atoms with van der Waals surface area (Å²) in [7, 11) is 0. The number of hydrogen-bond acceptors (Lipinski definition) is 9. The molecule has 0 unspecified atom stereocenters. The summed E-state index contributed by atoms with van der Waals surface area (Å²) >= 11 is 1.74. The number of nitrogens with one attached hydrogen (secondary N) is 1. The summed E-state index contributed by atoms with van der Waals surface area (Å²) in [6.07, 6.45) is 2.54. The first-order valence-electron chi connectivity index (χ1n) is 13.3. The number of benzene rings is 1. The number of carboxylic acids is 1. The number of rotatable bonds is 8. The van der Waals surface area contributed by atoms with Crippen molar-refractivity contribution in [2.45, 2.75) is 25.8 Å². The number of aromatic nitrogens is 4. The van der Waals surface area contributed by atoms with E-state index >= 15 is 0 Å². The average Bonchev–Trinajstić information content (AvgIpc) is 3.60. The largest absolute Gasteiger partial charge is 0.481 e. The fourth-order valence-corrected chi connectivity index (χ4v) is 6.40. The Morgan fingerprint density at radius 3 is 2.67 bits per heavy atom. The van der Waals surface area contributed by atoms with Crippen LogP contribution < -0.4 is 4.90 Å². The van der Waals surface area contributed by atoms with Crippen molar-refractivity contribution >= 4 is 50.2 Å². The molecule has 1 aromatic carbocycles. The number of morpholine rings is 1. The van der Waals surface area contributed by atoms with Gasteiger partial charge in [0.2, 0.25) is 5.91 Å². The molecule has 3 aromatic heterocycles. The third-order valence-electron chi connectivity index (χ3n) is 7.33. The Kier molecular flexibility index (Phi) is 7.40. The number of carboxylic acid groups (broad SMARTS) is 1. The second-order valence-electron chi connectivity index (χ2n) is 9.94. The normalized spacial score (nSPS) is 16.8. The molecule has 39 heavy (non-hydrogen) atoms. The standard InChI is InChI=1S/C27H31N7O4S/c35-23(5-2-6-24(36)37)33-9-7-32(8-10-33)17-18-15-22-25(39-18)27(34-11-13-38-14-12-34)30-26(29-22)19-3-1-4-21-20(19)16-28-31-21/h1,3-4,15-16H,2,5-14,17H2,(H,28,31)(H,36,37). The van der Waals surface area contributed by atoms with Crippen LogP contribution in [-0.4, -0.2) is 99.4 Å². The first-order chi connectivity index (χ1) is 19.0. The van der Waals surface area contributed by atoms with E-state index < -0.39 is 5.97 Å². The first kappa shape index (κ1) is 25.7. The summed E-state index contributed by atoms with van der Waals surface area (Å²) in [4.78, 5) is 41.0. The highest BCUT2D eigenvalue weighted by Gasteiger charge is 2.24. The van der Waals surface area contributed by atoms with Gasteiger partial charge in [-0.25, -0.2) is 9.97 Å². The molecule has 0 spiro atoms. The predicted molar refractivity (Wildman–Crippen MR) is 149 cm³/mol. The Labute approximate surface area is 229 Å². The van der Waals surface area contributed by atoms with Crippen molar-refractivity contribution in [1.29, 1.82) is 0 Å². The van der Waals surface area contributed by atoms with Gasteiger partial charge in [0.25, 0.3) is 0 Å². The smallest absolute Gasteiger partial charge is 0.303 e. The second kappa shape index (κ2) is 11.2. The lowest BCUT2D eigenvalue weighted by atomic mass is 10.1. The van der Waals surface area contributed by atoms with E-state index in [0.29, 0.717) is 45.0 Å². The van der Waals surface area contributed by atoms with Crippen LogP contribution in [0.3, 0.4) is 0 Å². The number of aromatic amines is 1. The molecule has 4 aromatic rings. The van der Waals surface area contributed by atoms with Gasteiger partial charge in [0.1, 0.15) is 0 Å². The highest BCUT2D eigenvalue weighted by Crippen LogP contribution is 2.36. The quantitative estimate of drug-likeness (QED) is 0.341. The molecule has 0 atom stereocenters. The van der Waals surface area contributed by atoms with Gasteiger partial charge in [-0.3, -0.25) is 19.6 Å². The number of H-pyrrole nitrogens is 1. The van der Waals surface area contributed by atoms with Gasteiger partial charge >= 0.3 is 5.97 Å². The second-order valence-corrected chi connectivity index (χ2v) is 11.1. The van der Waals surface area contributed by atoms with E-state index in [1.54, 1.807) is 11.3 Å². The zero-order valence-electron chi connectivity index (χ0n) is 21.6. The number of piperazine rings is 1. The lowest BCUT2D eigenvalue weighted by Gasteiger charge is -2.34. The summed E-state index contributed by atoms with van der Waals surface area (Å²) in [6.45, 7) is 6.61. The third kappa shape index (κ3) is 5.58. The van der Waals surface area contributed by atoms with Crippen LogP contribution >= 0.6 is 11.3 Å². The topological polar surface area (TPSA) is 128 Å². The molecular weight excluding hydrogens is 518 g/mol. The number of aliphatic carboxylic acids is 1. The lowest BCUT2D eigenvalue weighted by molar-refractivity contribution is -0.137. The fraction of sp³-hybridized carbons (Fsp3) is 0.444. The van der Waals surface area contributed by atoms with Gasteiger partial charge in [0.15, 0.2) is 11.6 Å². The number of anilines is 1. The van der Waals surface area contributed by atoms with E-state index in [0.717, 1.165) is 65.2 Å². The minimum atomic E-state index is -0.858. The molecule has 0 saturated carbocycles. The molecule has 0 aliphatic carbocycles. The molecule has 12 heteroatoms. The minimum absolute atomic E-state index is 0.0336.